The second-order valence-electron chi connectivity index (χ2n) is 5.73. The molecule has 1 aliphatic rings. The van der Waals surface area contributed by atoms with E-state index in [-0.39, 0.29) is 5.75 Å². The Labute approximate surface area is 123 Å². The Hall–Kier alpha value is -2.29. The Kier molecular flexibility index (Phi) is 3.42. The first-order valence-electron chi connectivity index (χ1n) is 7.22. The number of benzene rings is 2. The molecular weight excluding hydrogens is 264 g/mol. The van der Waals surface area contributed by atoms with Crippen molar-refractivity contribution in [1.82, 2.24) is 0 Å². The molecule has 2 aromatic rings. The van der Waals surface area contributed by atoms with Crippen molar-refractivity contribution in [3.63, 3.8) is 0 Å². The number of aliphatic carboxylic acids is 1. The maximum atomic E-state index is 11.2. The van der Waals surface area contributed by atoms with Crippen molar-refractivity contribution in [3.05, 3.63) is 53.6 Å². The minimum atomic E-state index is -0.797. The summed E-state index contributed by atoms with van der Waals surface area (Å²) in [6.07, 6.45) is 2.33. The molecule has 108 valence electrons. The van der Waals surface area contributed by atoms with E-state index in [0.29, 0.717) is 5.92 Å². The minimum Gasteiger partial charge on any atom is -0.508 e. The van der Waals surface area contributed by atoms with Crippen LogP contribution in [0.15, 0.2) is 42.5 Å². The summed E-state index contributed by atoms with van der Waals surface area (Å²) in [4.78, 5) is 11.2. The molecule has 3 nitrogen and oxygen atoms in total. The molecule has 1 fully saturated rings. The lowest BCUT2D eigenvalue weighted by atomic mass is 9.91. The molecule has 0 radical (unpaired) electrons. The molecule has 3 heteroatoms. The van der Waals surface area contributed by atoms with Gasteiger partial charge in [0.25, 0.3) is 0 Å². The Morgan fingerprint density at radius 2 is 1.81 bits per heavy atom. The number of carboxylic acids is 1. The van der Waals surface area contributed by atoms with Gasteiger partial charge in [-0.2, -0.15) is 0 Å². The number of carbonyl (C=O) groups is 1. The van der Waals surface area contributed by atoms with Crippen molar-refractivity contribution in [3.8, 4) is 16.9 Å². The Balaban J connectivity index is 2.04. The maximum absolute atomic E-state index is 11.2. The van der Waals surface area contributed by atoms with Gasteiger partial charge < -0.3 is 10.2 Å². The van der Waals surface area contributed by atoms with E-state index in [1.165, 1.54) is 5.56 Å². The summed E-state index contributed by atoms with van der Waals surface area (Å²) < 4.78 is 0. The fourth-order valence-electron chi connectivity index (χ4n) is 2.63. The number of hydrogen-bond donors (Lipinski definition) is 2. The SMILES string of the molecule is CC(C(=O)O)c1ccc(-c2ccc(O)cc2)c(C2CC2)c1. The minimum absolute atomic E-state index is 0.253. The highest BCUT2D eigenvalue weighted by molar-refractivity contribution is 5.77. The molecule has 0 bridgehead atoms. The normalized spacial score (nSPS) is 15.7. The van der Waals surface area contributed by atoms with Gasteiger partial charge in [-0.15, -0.1) is 0 Å². The highest BCUT2D eigenvalue weighted by atomic mass is 16.4. The standard InChI is InChI=1S/C18H18O3/c1-11(18(20)21)14-6-9-16(17(10-14)13-2-3-13)12-4-7-15(19)8-5-12/h4-11,13,19H,2-3H2,1H3,(H,20,21). The van der Waals surface area contributed by atoms with Crippen LogP contribution in [-0.4, -0.2) is 16.2 Å². The van der Waals surface area contributed by atoms with Gasteiger partial charge in [0.2, 0.25) is 0 Å². The van der Waals surface area contributed by atoms with Gasteiger partial charge in [0.05, 0.1) is 5.92 Å². The summed E-state index contributed by atoms with van der Waals surface area (Å²) in [6, 6.07) is 13.1. The average Bonchev–Trinajstić information content (AvgIpc) is 3.31. The van der Waals surface area contributed by atoms with Crippen LogP contribution in [-0.2, 0) is 4.79 Å². The zero-order valence-corrected chi connectivity index (χ0v) is 11.9. The number of phenols is 1. The first kappa shape index (κ1) is 13.7. The highest BCUT2D eigenvalue weighted by Crippen LogP contribution is 2.45. The van der Waals surface area contributed by atoms with Gasteiger partial charge in [-0.3, -0.25) is 4.79 Å². The number of phenolic OH excluding ortho intramolecular Hbond substituents is 1. The summed E-state index contributed by atoms with van der Waals surface area (Å²) in [5.74, 6) is -0.497. The fraction of sp³-hybridized carbons (Fsp3) is 0.278. The number of rotatable bonds is 4. The number of aromatic hydroxyl groups is 1. The van der Waals surface area contributed by atoms with Crippen molar-refractivity contribution in [2.45, 2.75) is 31.6 Å². The highest BCUT2D eigenvalue weighted by Gasteiger charge is 2.27. The van der Waals surface area contributed by atoms with Crippen molar-refractivity contribution >= 4 is 5.97 Å². The summed E-state index contributed by atoms with van der Waals surface area (Å²) in [6.45, 7) is 1.72. The molecule has 1 aliphatic carbocycles. The van der Waals surface area contributed by atoms with E-state index < -0.39 is 11.9 Å². The topological polar surface area (TPSA) is 57.5 Å². The molecule has 3 rings (SSSR count). The zero-order chi connectivity index (χ0) is 15.0. The molecule has 0 amide bonds. The van der Waals surface area contributed by atoms with E-state index in [4.69, 9.17) is 5.11 Å². The lowest BCUT2D eigenvalue weighted by Crippen LogP contribution is -2.07. The Bertz CT molecular complexity index is 669. The number of carboxylic acid groups (broad SMARTS) is 1. The van der Waals surface area contributed by atoms with Gasteiger partial charge in [-0.25, -0.2) is 0 Å². The monoisotopic (exact) mass is 282 g/mol. The van der Waals surface area contributed by atoms with E-state index in [0.717, 1.165) is 29.5 Å². The predicted molar refractivity (Wildman–Crippen MR) is 81.6 cm³/mol. The third-order valence-electron chi connectivity index (χ3n) is 4.14. The molecule has 21 heavy (non-hydrogen) atoms. The Morgan fingerprint density at radius 3 is 2.38 bits per heavy atom. The second-order valence-corrected chi connectivity index (χ2v) is 5.73. The van der Waals surface area contributed by atoms with E-state index >= 15 is 0 Å². The molecule has 1 unspecified atom stereocenters. The zero-order valence-electron chi connectivity index (χ0n) is 11.9. The molecule has 1 atom stereocenters. The quantitative estimate of drug-likeness (QED) is 0.886. The Morgan fingerprint density at radius 1 is 1.14 bits per heavy atom. The van der Waals surface area contributed by atoms with Crippen LogP contribution in [0.4, 0.5) is 0 Å². The van der Waals surface area contributed by atoms with Crippen LogP contribution in [0.25, 0.3) is 11.1 Å². The van der Waals surface area contributed by atoms with E-state index in [1.807, 2.05) is 30.3 Å². The third kappa shape index (κ3) is 2.77. The smallest absolute Gasteiger partial charge is 0.310 e. The summed E-state index contributed by atoms with van der Waals surface area (Å²) in [5, 5.41) is 18.6. The molecular formula is C18H18O3. The molecule has 0 aromatic heterocycles. The lowest BCUT2D eigenvalue weighted by molar-refractivity contribution is -0.138. The summed E-state index contributed by atoms with van der Waals surface area (Å²) >= 11 is 0. The van der Waals surface area contributed by atoms with E-state index in [9.17, 15) is 9.90 Å². The van der Waals surface area contributed by atoms with Gasteiger partial charge in [-0.05, 0) is 60.1 Å². The first-order valence-corrected chi connectivity index (χ1v) is 7.22. The van der Waals surface area contributed by atoms with Crippen LogP contribution in [0.2, 0.25) is 0 Å². The fourth-order valence-corrected chi connectivity index (χ4v) is 2.63. The van der Waals surface area contributed by atoms with Gasteiger partial charge in [-0.1, -0.05) is 30.3 Å². The lowest BCUT2D eigenvalue weighted by Gasteiger charge is -2.14. The van der Waals surface area contributed by atoms with Crippen molar-refractivity contribution < 1.29 is 15.0 Å². The average molecular weight is 282 g/mol. The van der Waals surface area contributed by atoms with Gasteiger partial charge >= 0.3 is 5.97 Å². The van der Waals surface area contributed by atoms with Crippen LogP contribution in [0, 0.1) is 0 Å². The van der Waals surface area contributed by atoms with Crippen molar-refractivity contribution in [1.29, 1.82) is 0 Å². The number of hydrogen-bond acceptors (Lipinski definition) is 2. The van der Waals surface area contributed by atoms with E-state index in [1.54, 1.807) is 19.1 Å². The van der Waals surface area contributed by atoms with Crippen molar-refractivity contribution in [2.75, 3.05) is 0 Å². The van der Waals surface area contributed by atoms with Gasteiger partial charge in [0, 0.05) is 0 Å². The largest absolute Gasteiger partial charge is 0.508 e. The predicted octanol–water partition coefficient (Wildman–Crippen LogP) is 4.12. The maximum Gasteiger partial charge on any atom is 0.310 e. The molecule has 1 saturated carbocycles. The first-order chi connectivity index (χ1) is 10.1. The van der Waals surface area contributed by atoms with Crippen molar-refractivity contribution in [2.24, 2.45) is 0 Å². The van der Waals surface area contributed by atoms with Crippen LogP contribution < -0.4 is 0 Å². The van der Waals surface area contributed by atoms with Gasteiger partial charge in [0.15, 0.2) is 0 Å². The molecule has 0 aliphatic heterocycles. The molecule has 2 N–H and O–H groups in total. The van der Waals surface area contributed by atoms with Crippen LogP contribution in [0.5, 0.6) is 5.75 Å². The third-order valence-corrected chi connectivity index (χ3v) is 4.14. The second kappa shape index (κ2) is 5.24. The molecule has 0 saturated heterocycles. The summed E-state index contributed by atoms with van der Waals surface area (Å²) in [5.41, 5.74) is 4.28. The molecule has 2 aromatic carbocycles. The van der Waals surface area contributed by atoms with E-state index in [2.05, 4.69) is 0 Å². The van der Waals surface area contributed by atoms with Crippen LogP contribution in [0.1, 0.15) is 42.7 Å². The van der Waals surface area contributed by atoms with Crippen LogP contribution >= 0.6 is 0 Å². The molecule has 0 heterocycles. The summed E-state index contributed by atoms with van der Waals surface area (Å²) in [7, 11) is 0. The van der Waals surface area contributed by atoms with Gasteiger partial charge in [0.1, 0.15) is 5.75 Å². The molecule has 0 spiro atoms. The van der Waals surface area contributed by atoms with Crippen LogP contribution in [0.3, 0.4) is 0 Å².